The second kappa shape index (κ2) is 5.49. The highest BCUT2D eigenvalue weighted by Crippen LogP contribution is 2.38. The van der Waals surface area contributed by atoms with E-state index in [4.69, 9.17) is 4.74 Å². The Labute approximate surface area is 117 Å². The van der Waals surface area contributed by atoms with E-state index >= 15 is 0 Å². The van der Waals surface area contributed by atoms with Gasteiger partial charge in [0.05, 0.1) is 10.6 Å². The number of thiazole rings is 1. The van der Waals surface area contributed by atoms with Crippen LogP contribution in [0.15, 0.2) is 6.20 Å². The molecule has 2 saturated heterocycles. The summed E-state index contributed by atoms with van der Waals surface area (Å²) in [5, 5.41) is 4.84. The van der Waals surface area contributed by atoms with Gasteiger partial charge in [-0.2, -0.15) is 11.8 Å². The molecule has 3 rings (SSSR count). The first-order valence-electron chi connectivity index (χ1n) is 6.62. The quantitative estimate of drug-likeness (QED) is 0.925. The summed E-state index contributed by atoms with van der Waals surface area (Å²) < 4.78 is 6.04. The average molecular weight is 284 g/mol. The van der Waals surface area contributed by atoms with E-state index in [-0.39, 0.29) is 5.60 Å². The minimum Gasteiger partial charge on any atom is -0.374 e. The topological polar surface area (TPSA) is 34.2 Å². The van der Waals surface area contributed by atoms with Crippen LogP contribution in [0.3, 0.4) is 0 Å². The molecule has 2 atom stereocenters. The van der Waals surface area contributed by atoms with Gasteiger partial charge in [0.15, 0.2) is 0 Å². The Morgan fingerprint density at radius 1 is 1.61 bits per heavy atom. The van der Waals surface area contributed by atoms with Crippen LogP contribution in [0.5, 0.6) is 0 Å². The molecule has 3 nitrogen and oxygen atoms in total. The lowest BCUT2D eigenvalue weighted by Crippen LogP contribution is -2.46. The van der Waals surface area contributed by atoms with Crippen molar-refractivity contribution in [2.75, 3.05) is 18.1 Å². The Morgan fingerprint density at radius 2 is 2.56 bits per heavy atom. The van der Waals surface area contributed by atoms with E-state index in [0.717, 1.165) is 24.6 Å². The SMILES string of the molecule is Cc1ncc(CNC2CCOC3(CCSC3)C2)s1. The van der Waals surface area contributed by atoms with Crippen molar-refractivity contribution in [3.05, 3.63) is 16.1 Å². The van der Waals surface area contributed by atoms with Crippen LogP contribution in [-0.2, 0) is 11.3 Å². The van der Waals surface area contributed by atoms with Gasteiger partial charge in [-0.3, -0.25) is 0 Å². The van der Waals surface area contributed by atoms with Crippen molar-refractivity contribution >= 4 is 23.1 Å². The molecule has 3 heterocycles. The van der Waals surface area contributed by atoms with Crippen molar-refractivity contribution in [2.24, 2.45) is 0 Å². The number of ether oxygens (including phenoxy) is 1. The van der Waals surface area contributed by atoms with Crippen molar-refractivity contribution in [1.29, 1.82) is 0 Å². The normalized spacial score (nSPS) is 32.2. The smallest absolute Gasteiger partial charge is 0.0897 e. The molecule has 18 heavy (non-hydrogen) atoms. The third-order valence-electron chi connectivity index (χ3n) is 3.79. The average Bonchev–Trinajstić information content (AvgIpc) is 2.97. The summed E-state index contributed by atoms with van der Waals surface area (Å²) in [5.74, 6) is 2.45. The van der Waals surface area contributed by atoms with Gasteiger partial charge in [0, 0.05) is 36.0 Å². The molecule has 0 aliphatic carbocycles. The van der Waals surface area contributed by atoms with Crippen molar-refractivity contribution < 1.29 is 4.74 Å². The van der Waals surface area contributed by atoms with Crippen LogP contribution in [0.4, 0.5) is 0 Å². The van der Waals surface area contributed by atoms with Gasteiger partial charge in [-0.15, -0.1) is 11.3 Å². The highest BCUT2D eigenvalue weighted by Gasteiger charge is 2.40. The van der Waals surface area contributed by atoms with Crippen molar-refractivity contribution in [3.63, 3.8) is 0 Å². The number of nitrogens with zero attached hydrogens (tertiary/aromatic N) is 1. The fourth-order valence-corrected chi connectivity index (χ4v) is 4.92. The van der Waals surface area contributed by atoms with E-state index in [1.54, 1.807) is 11.3 Å². The van der Waals surface area contributed by atoms with Crippen molar-refractivity contribution in [2.45, 2.75) is 44.4 Å². The van der Waals surface area contributed by atoms with Crippen molar-refractivity contribution in [3.8, 4) is 0 Å². The van der Waals surface area contributed by atoms with Crippen LogP contribution in [0.1, 0.15) is 29.1 Å². The van der Waals surface area contributed by atoms with Crippen LogP contribution in [0.25, 0.3) is 0 Å². The molecule has 1 spiro atoms. The maximum atomic E-state index is 6.04. The molecular weight excluding hydrogens is 264 g/mol. The van der Waals surface area contributed by atoms with Crippen LogP contribution in [0, 0.1) is 6.92 Å². The van der Waals surface area contributed by atoms with Crippen LogP contribution < -0.4 is 5.32 Å². The Morgan fingerprint density at radius 3 is 3.28 bits per heavy atom. The lowest BCUT2D eigenvalue weighted by Gasteiger charge is -2.38. The van der Waals surface area contributed by atoms with Gasteiger partial charge in [-0.25, -0.2) is 4.98 Å². The summed E-state index contributed by atoms with van der Waals surface area (Å²) in [6.07, 6.45) is 5.55. The number of aryl methyl sites for hydroxylation is 1. The maximum absolute atomic E-state index is 6.04. The first kappa shape index (κ1) is 12.9. The molecule has 2 unspecified atom stereocenters. The van der Waals surface area contributed by atoms with Gasteiger partial charge in [0.2, 0.25) is 0 Å². The zero-order valence-corrected chi connectivity index (χ0v) is 12.4. The van der Waals surface area contributed by atoms with Gasteiger partial charge in [-0.1, -0.05) is 0 Å². The summed E-state index contributed by atoms with van der Waals surface area (Å²) in [7, 11) is 0. The molecule has 5 heteroatoms. The van der Waals surface area contributed by atoms with Gasteiger partial charge < -0.3 is 10.1 Å². The lowest BCUT2D eigenvalue weighted by atomic mass is 9.90. The number of aromatic nitrogens is 1. The molecule has 2 aliphatic heterocycles. The largest absolute Gasteiger partial charge is 0.374 e. The van der Waals surface area contributed by atoms with Gasteiger partial charge in [0.25, 0.3) is 0 Å². The third-order valence-corrected chi connectivity index (χ3v) is 5.93. The van der Waals surface area contributed by atoms with E-state index in [9.17, 15) is 0 Å². The first-order valence-corrected chi connectivity index (χ1v) is 8.59. The Bertz CT molecular complexity index is 401. The number of nitrogens with one attached hydrogen (secondary N) is 1. The van der Waals surface area contributed by atoms with E-state index < -0.39 is 0 Å². The number of thioether (sulfide) groups is 1. The summed E-state index contributed by atoms with van der Waals surface area (Å²) in [4.78, 5) is 5.64. The highest BCUT2D eigenvalue weighted by molar-refractivity contribution is 7.99. The predicted octanol–water partition coefficient (Wildman–Crippen LogP) is 2.60. The molecule has 0 saturated carbocycles. The van der Waals surface area contributed by atoms with E-state index in [2.05, 4.69) is 17.2 Å². The van der Waals surface area contributed by atoms with E-state index in [1.165, 1.54) is 29.2 Å². The number of hydrogen-bond acceptors (Lipinski definition) is 5. The fraction of sp³-hybridized carbons (Fsp3) is 0.769. The predicted molar refractivity (Wildman–Crippen MR) is 77.3 cm³/mol. The van der Waals surface area contributed by atoms with Gasteiger partial charge in [-0.05, 0) is 31.9 Å². The molecule has 100 valence electrons. The highest BCUT2D eigenvalue weighted by atomic mass is 32.2. The van der Waals surface area contributed by atoms with Crippen LogP contribution >= 0.6 is 23.1 Å². The second-order valence-corrected chi connectivity index (χ2v) is 7.67. The third kappa shape index (κ3) is 2.90. The summed E-state index contributed by atoms with van der Waals surface area (Å²) in [6.45, 7) is 3.94. The molecule has 0 aromatic carbocycles. The first-order chi connectivity index (χ1) is 8.76. The van der Waals surface area contributed by atoms with Gasteiger partial charge in [0.1, 0.15) is 0 Å². The fourth-order valence-electron chi connectivity index (χ4n) is 2.80. The molecule has 0 bridgehead atoms. The molecule has 1 aromatic rings. The van der Waals surface area contributed by atoms with Crippen molar-refractivity contribution in [1.82, 2.24) is 10.3 Å². The number of hydrogen-bond donors (Lipinski definition) is 1. The maximum Gasteiger partial charge on any atom is 0.0897 e. The number of rotatable bonds is 3. The Balaban J connectivity index is 1.53. The monoisotopic (exact) mass is 284 g/mol. The summed E-state index contributed by atoms with van der Waals surface area (Å²) >= 11 is 3.83. The van der Waals surface area contributed by atoms with E-state index in [0.29, 0.717) is 6.04 Å². The molecule has 2 fully saturated rings. The zero-order chi connectivity index (χ0) is 12.4. The van der Waals surface area contributed by atoms with Crippen LogP contribution in [-0.4, -0.2) is 34.7 Å². The van der Waals surface area contributed by atoms with E-state index in [1.807, 2.05) is 18.0 Å². The molecule has 1 aromatic heterocycles. The van der Waals surface area contributed by atoms with Crippen LogP contribution in [0.2, 0.25) is 0 Å². The van der Waals surface area contributed by atoms with Gasteiger partial charge >= 0.3 is 0 Å². The molecular formula is C13H20N2OS2. The standard InChI is InChI=1S/C13H20N2OS2/c1-10-14-7-12(18-10)8-15-11-2-4-16-13(6-11)3-5-17-9-13/h7,11,15H,2-6,8-9H2,1H3. The second-order valence-electron chi connectivity index (χ2n) is 5.25. The molecule has 2 aliphatic rings. The zero-order valence-electron chi connectivity index (χ0n) is 10.8. The molecule has 0 radical (unpaired) electrons. The summed E-state index contributed by atoms with van der Waals surface area (Å²) in [6, 6.07) is 0.611. The molecule has 0 amide bonds. The molecule has 1 N–H and O–H groups in total. The minimum atomic E-state index is 0.185. The Kier molecular flexibility index (Phi) is 3.94. The lowest BCUT2D eigenvalue weighted by molar-refractivity contribution is -0.0702. The summed E-state index contributed by atoms with van der Waals surface area (Å²) in [5.41, 5.74) is 0.185. The Hall–Kier alpha value is -0.100. The minimum absolute atomic E-state index is 0.185.